The number of urea groups is 1. The van der Waals surface area contributed by atoms with Crippen LogP contribution in [0.1, 0.15) is 19.8 Å². The van der Waals surface area contributed by atoms with E-state index in [0.29, 0.717) is 18.6 Å². The van der Waals surface area contributed by atoms with E-state index < -0.39 is 18.0 Å². The van der Waals surface area contributed by atoms with Gasteiger partial charge in [-0.15, -0.1) is 12.3 Å². The maximum absolute atomic E-state index is 11.4. The van der Waals surface area contributed by atoms with E-state index in [1.54, 1.807) is 6.92 Å². The van der Waals surface area contributed by atoms with E-state index in [1.165, 1.54) is 11.8 Å². The summed E-state index contributed by atoms with van der Waals surface area (Å²) >= 11 is 1.53. The highest BCUT2D eigenvalue weighted by Crippen LogP contribution is 2.01. The van der Waals surface area contributed by atoms with Crippen molar-refractivity contribution < 1.29 is 14.7 Å². The molecule has 2 atom stereocenters. The molecule has 0 heterocycles. The van der Waals surface area contributed by atoms with Crippen LogP contribution in [0.4, 0.5) is 4.79 Å². The van der Waals surface area contributed by atoms with Crippen LogP contribution in [-0.2, 0) is 4.79 Å². The Morgan fingerprint density at radius 1 is 1.47 bits per heavy atom. The minimum atomic E-state index is -1.03. The Hall–Kier alpha value is -1.35. The van der Waals surface area contributed by atoms with E-state index in [0.717, 1.165) is 0 Å². The molecular formula is C11H18N2O3S. The van der Waals surface area contributed by atoms with Gasteiger partial charge in [-0.05, 0) is 25.4 Å². The van der Waals surface area contributed by atoms with Gasteiger partial charge < -0.3 is 15.7 Å². The molecule has 17 heavy (non-hydrogen) atoms. The molecule has 0 saturated carbocycles. The monoisotopic (exact) mass is 258 g/mol. The van der Waals surface area contributed by atoms with Crippen molar-refractivity contribution in [3.05, 3.63) is 0 Å². The number of nitrogens with one attached hydrogen (secondary N) is 2. The third kappa shape index (κ3) is 7.53. The molecule has 2 unspecified atom stereocenters. The Morgan fingerprint density at radius 2 is 2.12 bits per heavy atom. The molecule has 0 fully saturated rings. The first-order valence-electron chi connectivity index (χ1n) is 5.23. The zero-order chi connectivity index (χ0) is 13.3. The van der Waals surface area contributed by atoms with E-state index in [-0.39, 0.29) is 6.04 Å². The molecule has 0 radical (unpaired) electrons. The first-order valence-corrected chi connectivity index (χ1v) is 6.62. The lowest BCUT2D eigenvalue weighted by atomic mass is 10.2. The molecule has 0 bridgehead atoms. The van der Waals surface area contributed by atoms with Crippen LogP contribution in [0.15, 0.2) is 0 Å². The molecule has 0 saturated heterocycles. The topological polar surface area (TPSA) is 78.4 Å². The summed E-state index contributed by atoms with van der Waals surface area (Å²) in [5.41, 5.74) is 0. The fourth-order valence-electron chi connectivity index (χ4n) is 1.14. The Bertz CT molecular complexity index is 302. The predicted octanol–water partition coefficient (Wildman–Crippen LogP) is 0.904. The molecule has 0 aromatic rings. The number of carboxylic acid groups (broad SMARTS) is 1. The van der Waals surface area contributed by atoms with Crippen molar-refractivity contribution in [2.75, 3.05) is 12.0 Å². The summed E-state index contributed by atoms with van der Waals surface area (Å²) in [5.74, 6) is 2.07. The average Bonchev–Trinajstić information content (AvgIpc) is 2.23. The molecule has 96 valence electrons. The van der Waals surface area contributed by atoms with Gasteiger partial charge in [0.1, 0.15) is 6.04 Å². The van der Waals surface area contributed by atoms with Crippen molar-refractivity contribution in [3.8, 4) is 12.3 Å². The van der Waals surface area contributed by atoms with Crippen LogP contribution in [0.25, 0.3) is 0 Å². The molecule has 0 aromatic carbocycles. The van der Waals surface area contributed by atoms with Gasteiger partial charge in [0.05, 0.1) is 0 Å². The molecule has 0 aliphatic carbocycles. The third-order valence-electron chi connectivity index (χ3n) is 2.02. The summed E-state index contributed by atoms with van der Waals surface area (Å²) in [5, 5.41) is 13.9. The zero-order valence-corrected chi connectivity index (χ0v) is 10.8. The smallest absolute Gasteiger partial charge is 0.326 e. The van der Waals surface area contributed by atoms with Gasteiger partial charge in [-0.3, -0.25) is 0 Å². The van der Waals surface area contributed by atoms with E-state index in [4.69, 9.17) is 11.5 Å². The highest BCUT2D eigenvalue weighted by Gasteiger charge is 2.19. The van der Waals surface area contributed by atoms with Gasteiger partial charge in [-0.2, -0.15) is 11.8 Å². The van der Waals surface area contributed by atoms with Crippen LogP contribution < -0.4 is 10.6 Å². The van der Waals surface area contributed by atoms with Gasteiger partial charge in [0.2, 0.25) is 0 Å². The summed E-state index contributed by atoms with van der Waals surface area (Å²) in [7, 11) is 0. The fourth-order valence-corrected chi connectivity index (χ4v) is 1.62. The van der Waals surface area contributed by atoms with Crippen molar-refractivity contribution >= 4 is 23.8 Å². The lowest BCUT2D eigenvalue weighted by molar-refractivity contribution is -0.139. The molecule has 3 N–H and O–H groups in total. The SMILES string of the molecule is C#CCC(C)NC(=O)NC(CCSC)C(=O)O. The molecule has 6 heteroatoms. The van der Waals surface area contributed by atoms with Crippen LogP contribution in [0.3, 0.4) is 0 Å². The largest absolute Gasteiger partial charge is 0.480 e. The van der Waals surface area contributed by atoms with Crippen LogP contribution in [0.5, 0.6) is 0 Å². The van der Waals surface area contributed by atoms with Crippen molar-refractivity contribution in [2.45, 2.75) is 31.8 Å². The normalized spacial score (nSPS) is 13.2. The van der Waals surface area contributed by atoms with Gasteiger partial charge in [-0.1, -0.05) is 0 Å². The van der Waals surface area contributed by atoms with Gasteiger partial charge in [-0.25, -0.2) is 9.59 Å². The minimum Gasteiger partial charge on any atom is -0.480 e. The van der Waals surface area contributed by atoms with Gasteiger partial charge in [0.25, 0.3) is 0 Å². The van der Waals surface area contributed by atoms with Gasteiger partial charge in [0.15, 0.2) is 0 Å². The molecule has 0 rings (SSSR count). The van der Waals surface area contributed by atoms with Crippen molar-refractivity contribution in [2.24, 2.45) is 0 Å². The van der Waals surface area contributed by atoms with E-state index in [2.05, 4.69) is 16.6 Å². The summed E-state index contributed by atoms with van der Waals surface area (Å²) in [4.78, 5) is 22.3. The molecular weight excluding hydrogens is 240 g/mol. The van der Waals surface area contributed by atoms with E-state index in [9.17, 15) is 9.59 Å². The second-order valence-electron chi connectivity index (χ2n) is 3.60. The van der Waals surface area contributed by atoms with Crippen LogP contribution in [0, 0.1) is 12.3 Å². The standard InChI is InChI=1S/C11H18N2O3S/c1-4-5-8(2)12-11(16)13-9(10(14)15)6-7-17-3/h1,8-9H,5-7H2,2-3H3,(H,14,15)(H2,12,13,16). The summed E-state index contributed by atoms with van der Waals surface area (Å²) in [6.45, 7) is 1.76. The highest BCUT2D eigenvalue weighted by molar-refractivity contribution is 7.98. The molecule has 0 aliphatic heterocycles. The first kappa shape index (κ1) is 15.7. The molecule has 0 aromatic heterocycles. The predicted molar refractivity (Wildman–Crippen MR) is 69.0 cm³/mol. The molecule has 0 spiro atoms. The van der Waals surface area contributed by atoms with E-state index in [1.807, 2.05) is 6.26 Å². The van der Waals surface area contributed by atoms with Gasteiger partial charge >= 0.3 is 12.0 Å². The molecule has 2 amide bonds. The third-order valence-corrected chi connectivity index (χ3v) is 2.66. The second-order valence-corrected chi connectivity index (χ2v) is 4.58. The zero-order valence-electron chi connectivity index (χ0n) is 10.0. The number of thioether (sulfide) groups is 1. The lowest BCUT2D eigenvalue weighted by Gasteiger charge is -2.17. The fraction of sp³-hybridized carbons (Fsp3) is 0.636. The number of hydrogen-bond donors (Lipinski definition) is 3. The van der Waals surface area contributed by atoms with Crippen LogP contribution >= 0.6 is 11.8 Å². The Labute approximate surface area is 106 Å². The number of aliphatic carboxylic acids is 1. The molecule has 0 aliphatic rings. The maximum atomic E-state index is 11.4. The number of hydrogen-bond acceptors (Lipinski definition) is 3. The quantitative estimate of drug-likeness (QED) is 0.593. The van der Waals surface area contributed by atoms with Crippen molar-refractivity contribution in [1.29, 1.82) is 0 Å². The number of carbonyl (C=O) groups excluding carboxylic acids is 1. The van der Waals surface area contributed by atoms with Crippen molar-refractivity contribution in [3.63, 3.8) is 0 Å². The first-order chi connectivity index (χ1) is 8.01. The Balaban J connectivity index is 4.12. The number of terminal acetylenes is 1. The minimum absolute atomic E-state index is 0.171. The Morgan fingerprint density at radius 3 is 2.59 bits per heavy atom. The van der Waals surface area contributed by atoms with Crippen molar-refractivity contribution in [1.82, 2.24) is 10.6 Å². The van der Waals surface area contributed by atoms with Crippen LogP contribution in [-0.4, -0.2) is 41.2 Å². The lowest BCUT2D eigenvalue weighted by Crippen LogP contribution is -2.48. The second kappa shape index (κ2) is 8.76. The highest BCUT2D eigenvalue weighted by atomic mass is 32.2. The Kier molecular flexibility index (Phi) is 8.07. The number of rotatable bonds is 7. The summed E-state index contributed by atoms with van der Waals surface area (Å²) in [6, 6.07) is -1.53. The number of carbonyl (C=O) groups is 2. The summed E-state index contributed by atoms with van der Waals surface area (Å²) < 4.78 is 0. The van der Waals surface area contributed by atoms with Gasteiger partial charge in [0, 0.05) is 12.5 Å². The average molecular weight is 258 g/mol. The number of carboxylic acids is 1. The van der Waals surface area contributed by atoms with Crippen LogP contribution in [0.2, 0.25) is 0 Å². The number of amides is 2. The molecule has 5 nitrogen and oxygen atoms in total. The summed E-state index contributed by atoms with van der Waals surface area (Å²) in [6.07, 6.45) is 7.79. The van der Waals surface area contributed by atoms with E-state index >= 15 is 0 Å². The maximum Gasteiger partial charge on any atom is 0.326 e.